The molecule has 2 aromatic rings. The number of nitrogens with one attached hydrogen (secondary N) is 1. The minimum Gasteiger partial charge on any atom is -0.497 e. The molecule has 1 saturated heterocycles. The van der Waals surface area contributed by atoms with E-state index in [1.807, 2.05) is 0 Å². The van der Waals surface area contributed by atoms with Crippen molar-refractivity contribution in [2.75, 3.05) is 32.1 Å². The fourth-order valence-corrected chi connectivity index (χ4v) is 4.55. The molecule has 1 heterocycles. The van der Waals surface area contributed by atoms with Crippen LogP contribution in [-0.4, -0.2) is 50.4 Å². The molecule has 10 nitrogen and oxygen atoms in total. The van der Waals surface area contributed by atoms with E-state index < -0.39 is 33.1 Å². The Morgan fingerprint density at radius 1 is 1.17 bits per heavy atom. The van der Waals surface area contributed by atoms with E-state index in [9.17, 15) is 23.3 Å². The van der Waals surface area contributed by atoms with Crippen molar-refractivity contribution in [3.63, 3.8) is 0 Å². The number of amides is 1. The van der Waals surface area contributed by atoms with Gasteiger partial charge in [-0.1, -0.05) is 0 Å². The first-order valence-corrected chi connectivity index (χ1v) is 10.6. The monoisotopic (exact) mass is 435 g/mol. The van der Waals surface area contributed by atoms with Crippen molar-refractivity contribution >= 4 is 27.3 Å². The van der Waals surface area contributed by atoms with E-state index >= 15 is 0 Å². The lowest BCUT2D eigenvalue weighted by Gasteiger charge is -2.16. The highest BCUT2D eigenvalue weighted by Crippen LogP contribution is 2.31. The third kappa shape index (κ3) is 4.86. The van der Waals surface area contributed by atoms with Crippen molar-refractivity contribution in [2.24, 2.45) is 0 Å². The summed E-state index contributed by atoms with van der Waals surface area (Å²) in [5.41, 5.74) is -0.0153. The quantitative estimate of drug-likeness (QED) is 0.498. The van der Waals surface area contributed by atoms with Crippen LogP contribution in [0.1, 0.15) is 12.8 Å². The Labute approximate surface area is 173 Å². The van der Waals surface area contributed by atoms with Gasteiger partial charge in [0, 0.05) is 24.8 Å². The topological polar surface area (TPSA) is 128 Å². The lowest BCUT2D eigenvalue weighted by Crippen LogP contribution is -2.28. The van der Waals surface area contributed by atoms with Crippen LogP contribution in [0.4, 0.5) is 11.4 Å². The summed E-state index contributed by atoms with van der Waals surface area (Å²) in [7, 11) is -2.28. The lowest BCUT2D eigenvalue weighted by atomic mass is 10.3. The Balaban J connectivity index is 1.70. The van der Waals surface area contributed by atoms with Gasteiger partial charge in [0.2, 0.25) is 10.0 Å². The van der Waals surface area contributed by atoms with Crippen LogP contribution in [0.5, 0.6) is 11.5 Å². The van der Waals surface area contributed by atoms with E-state index in [1.165, 1.54) is 23.5 Å². The van der Waals surface area contributed by atoms with Crippen LogP contribution < -0.4 is 14.8 Å². The molecule has 0 bridgehead atoms. The Bertz CT molecular complexity index is 1030. The molecule has 30 heavy (non-hydrogen) atoms. The Morgan fingerprint density at radius 2 is 1.83 bits per heavy atom. The van der Waals surface area contributed by atoms with Crippen molar-refractivity contribution in [1.82, 2.24) is 4.31 Å². The second-order valence-corrected chi connectivity index (χ2v) is 8.50. The van der Waals surface area contributed by atoms with Crippen molar-refractivity contribution in [1.29, 1.82) is 0 Å². The Morgan fingerprint density at radius 3 is 2.43 bits per heavy atom. The standard InChI is InChI=1S/C19H21N3O7S/c1-28-15-6-4-14(5-7-15)20-19(23)13-29-18-9-8-16(12-17(18)22(24)25)30(26,27)21-10-2-3-11-21/h4-9,12H,2-3,10-11,13H2,1H3,(H,20,23). The normalized spacial score (nSPS) is 14.3. The first-order valence-electron chi connectivity index (χ1n) is 9.16. The third-order valence-electron chi connectivity index (χ3n) is 4.56. The Kier molecular flexibility index (Phi) is 6.53. The van der Waals surface area contributed by atoms with Crippen LogP contribution in [0.3, 0.4) is 0 Å². The van der Waals surface area contributed by atoms with Gasteiger partial charge in [-0.3, -0.25) is 14.9 Å². The average molecular weight is 435 g/mol. The van der Waals surface area contributed by atoms with E-state index in [1.54, 1.807) is 24.3 Å². The number of benzene rings is 2. The largest absolute Gasteiger partial charge is 0.497 e. The van der Waals surface area contributed by atoms with E-state index in [0.717, 1.165) is 18.9 Å². The first-order chi connectivity index (χ1) is 14.3. The maximum absolute atomic E-state index is 12.6. The molecule has 3 rings (SSSR count). The SMILES string of the molecule is COc1ccc(NC(=O)COc2ccc(S(=O)(=O)N3CCCC3)cc2[N+](=O)[O-])cc1. The van der Waals surface area contributed by atoms with Crippen molar-refractivity contribution in [3.8, 4) is 11.5 Å². The van der Waals surface area contributed by atoms with Crippen LogP contribution in [0.15, 0.2) is 47.4 Å². The van der Waals surface area contributed by atoms with Gasteiger partial charge in [0.1, 0.15) is 5.75 Å². The van der Waals surface area contributed by atoms with Crippen molar-refractivity contribution in [2.45, 2.75) is 17.7 Å². The molecule has 0 spiro atoms. The molecule has 0 unspecified atom stereocenters. The number of rotatable bonds is 8. The fraction of sp³-hybridized carbons (Fsp3) is 0.316. The summed E-state index contributed by atoms with van der Waals surface area (Å²) in [6, 6.07) is 10.0. The second-order valence-electron chi connectivity index (χ2n) is 6.56. The number of hydrogen-bond donors (Lipinski definition) is 1. The van der Waals surface area contributed by atoms with E-state index in [4.69, 9.17) is 9.47 Å². The number of anilines is 1. The maximum atomic E-state index is 12.6. The maximum Gasteiger partial charge on any atom is 0.312 e. The van der Waals surface area contributed by atoms with Gasteiger partial charge < -0.3 is 14.8 Å². The summed E-state index contributed by atoms with van der Waals surface area (Å²) >= 11 is 0. The van der Waals surface area contributed by atoms with Crippen molar-refractivity contribution < 1.29 is 27.6 Å². The molecular formula is C19H21N3O7S. The minimum absolute atomic E-state index is 0.175. The van der Waals surface area contributed by atoms with E-state index in [-0.39, 0.29) is 10.6 Å². The molecular weight excluding hydrogens is 414 g/mol. The minimum atomic E-state index is -3.81. The zero-order valence-corrected chi connectivity index (χ0v) is 17.1. The molecule has 0 atom stereocenters. The molecule has 1 aliphatic rings. The van der Waals surface area contributed by atoms with Gasteiger partial charge in [-0.05, 0) is 49.2 Å². The summed E-state index contributed by atoms with van der Waals surface area (Å²) in [5, 5.41) is 14.0. The fourth-order valence-electron chi connectivity index (χ4n) is 3.01. The van der Waals surface area contributed by atoms with E-state index in [0.29, 0.717) is 24.5 Å². The highest BCUT2D eigenvalue weighted by molar-refractivity contribution is 7.89. The van der Waals surface area contributed by atoms with Gasteiger partial charge in [-0.15, -0.1) is 0 Å². The lowest BCUT2D eigenvalue weighted by molar-refractivity contribution is -0.386. The highest BCUT2D eigenvalue weighted by atomic mass is 32.2. The van der Waals surface area contributed by atoms with Gasteiger partial charge in [0.25, 0.3) is 5.91 Å². The van der Waals surface area contributed by atoms with Gasteiger partial charge in [0.05, 0.1) is 16.9 Å². The van der Waals surface area contributed by atoms with Crippen molar-refractivity contribution in [3.05, 3.63) is 52.6 Å². The zero-order valence-electron chi connectivity index (χ0n) is 16.2. The number of carbonyl (C=O) groups is 1. The molecule has 11 heteroatoms. The predicted octanol–water partition coefficient (Wildman–Crippen LogP) is 2.41. The average Bonchev–Trinajstić information content (AvgIpc) is 3.28. The number of nitro groups is 1. The molecule has 1 fully saturated rings. The van der Waals surface area contributed by atoms with Gasteiger partial charge in [0.15, 0.2) is 12.4 Å². The summed E-state index contributed by atoms with van der Waals surface area (Å²) in [6.45, 7) is 0.297. The third-order valence-corrected chi connectivity index (χ3v) is 6.46. The van der Waals surface area contributed by atoms with Gasteiger partial charge in [-0.25, -0.2) is 8.42 Å². The van der Waals surface area contributed by atoms with Gasteiger partial charge in [-0.2, -0.15) is 4.31 Å². The molecule has 160 valence electrons. The Hall–Kier alpha value is -3.18. The zero-order chi connectivity index (χ0) is 21.7. The van der Waals surface area contributed by atoms with E-state index in [2.05, 4.69) is 5.32 Å². The highest BCUT2D eigenvalue weighted by Gasteiger charge is 2.30. The summed E-state index contributed by atoms with van der Waals surface area (Å²) in [4.78, 5) is 22.6. The number of nitro benzene ring substituents is 1. The first kappa shape index (κ1) is 21.5. The summed E-state index contributed by atoms with van der Waals surface area (Å²) in [6.07, 6.45) is 1.51. The molecule has 0 radical (unpaired) electrons. The van der Waals surface area contributed by atoms with Crippen LogP contribution in [0.2, 0.25) is 0 Å². The van der Waals surface area contributed by atoms with Crippen LogP contribution in [-0.2, 0) is 14.8 Å². The number of carbonyl (C=O) groups excluding carboxylic acids is 1. The number of ether oxygens (including phenoxy) is 2. The smallest absolute Gasteiger partial charge is 0.312 e. The summed E-state index contributed by atoms with van der Waals surface area (Å²) < 4.78 is 36.9. The summed E-state index contributed by atoms with van der Waals surface area (Å²) in [5.74, 6) is -0.0858. The molecule has 1 aliphatic heterocycles. The molecule has 1 amide bonds. The number of sulfonamides is 1. The molecule has 1 N–H and O–H groups in total. The number of methoxy groups -OCH3 is 1. The molecule has 0 aliphatic carbocycles. The second kappa shape index (κ2) is 9.09. The van der Waals surface area contributed by atoms with Crippen LogP contribution in [0, 0.1) is 10.1 Å². The van der Waals surface area contributed by atoms with Crippen LogP contribution >= 0.6 is 0 Å². The predicted molar refractivity (Wildman–Crippen MR) is 108 cm³/mol. The van der Waals surface area contributed by atoms with Crippen LogP contribution in [0.25, 0.3) is 0 Å². The van der Waals surface area contributed by atoms with Gasteiger partial charge >= 0.3 is 5.69 Å². The molecule has 0 saturated carbocycles. The molecule has 2 aromatic carbocycles. The number of nitrogens with zero attached hydrogens (tertiary/aromatic N) is 2. The number of hydrogen-bond acceptors (Lipinski definition) is 7. The molecule has 0 aromatic heterocycles.